The molecule has 0 bridgehead atoms. The average Bonchev–Trinajstić information content (AvgIpc) is 3.07. The second-order valence-electron chi connectivity index (χ2n) is 7.13. The average molecular weight is 431 g/mol. The Bertz CT molecular complexity index is 831. The molecule has 0 saturated carbocycles. The van der Waals surface area contributed by atoms with Gasteiger partial charge < -0.3 is 19.9 Å². The molecule has 7 nitrogen and oxygen atoms in total. The van der Waals surface area contributed by atoms with Crippen LogP contribution in [0.4, 0.5) is 4.79 Å². The van der Waals surface area contributed by atoms with E-state index in [0.29, 0.717) is 19.6 Å². The Balaban J connectivity index is 1.33. The number of para-hydroxylation sites is 1. The molecule has 1 saturated heterocycles. The molecule has 1 aliphatic heterocycles. The molecule has 30 heavy (non-hydrogen) atoms. The Kier molecular flexibility index (Phi) is 8.12. The Labute approximate surface area is 180 Å². The van der Waals surface area contributed by atoms with Crippen molar-refractivity contribution in [3.8, 4) is 11.5 Å². The standard InChI is InChI=1S/C22H26N2O5S/c1-15(23-12-17(25)14-29-18-5-3-2-4-6-18)13-28-19-9-7-16(8-10-19)11-20-21(26)24-22(27)30-20/h2-10,15,17,20,23,25H,11-14H2,1H3,(H,24,26,27). The number of carbonyl (C=O) groups is 2. The molecule has 2 amide bonds. The van der Waals surface area contributed by atoms with E-state index in [1.165, 1.54) is 0 Å². The first-order valence-electron chi connectivity index (χ1n) is 9.82. The lowest BCUT2D eigenvalue weighted by Crippen LogP contribution is -2.39. The summed E-state index contributed by atoms with van der Waals surface area (Å²) in [5.74, 6) is 1.22. The van der Waals surface area contributed by atoms with Crippen LogP contribution in [0, 0.1) is 0 Å². The molecule has 3 N–H and O–H groups in total. The zero-order chi connectivity index (χ0) is 21.3. The Morgan fingerprint density at radius 2 is 1.70 bits per heavy atom. The number of hydrogen-bond donors (Lipinski definition) is 3. The highest BCUT2D eigenvalue weighted by Gasteiger charge is 2.31. The van der Waals surface area contributed by atoms with Crippen LogP contribution in [-0.4, -0.2) is 53.4 Å². The summed E-state index contributed by atoms with van der Waals surface area (Å²) in [7, 11) is 0. The topological polar surface area (TPSA) is 96.9 Å². The van der Waals surface area contributed by atoms with Gasteiger partial charge in [-0.2, -0.15) is 0 Å². The van der Waals surface area contributed by atoms with Crippen molar-refractivity contribution in [2.45, 2.75) is 30.7 Å². The largest absolute Gasteiger partial charge is 0.492 e. The molecule has 3 unspecified atom stereocenters. The summed E-state index contributed by atoms with van der Waals surface area (Å²) in [4.78, 5) is 22.9. The fourth-order valence-electron chi connectivity index (χ4n) is 2.85. The minimum Gasteiger partial charge on any atom is -0.492 e. The fourth-order valence-corrected chi connectivity index (χ4v) is 3.71. The molecule has 1 heterocycles. The van der Waals surface area contributed by atoms with Gasteiger partial charge in [-0.3, -0.25) is 14.9 Å². The molecule has 3 atom stereocenters. The highest BCUT2D eigenvalue weighted by atomic mass is 32.2. The summed E-state index contributed by atoms with van der Waals surface area (Å²) >= 11 is 1.03. The molecule has 2 aromatic carbocycles. The highest BCUT2D eigenvalue weighted by molar-refractivity contribution is 8.15. The minimum atomic E-state index is -0.621. The van der Waals surface area contributed by atoms with E-state index in [9.17, 15) is 14.7 Å². The van der Waals surface area contributed by atoms with Crippen molar-refractivity contribution in [3.63, 3.8) is 0 Å². The van der Waals surface area contributed by atoms with Gasteiger partial charge in [0.1, 0.15) is 30.8 Å². The zero-order valence-electron chi connectivity index (χ0n) is 16.7. The molecule has 2 aromatic rings. The van der Waals surface area contributed by atoms with Crippen LogP contribution in [0.2, 0.25) is 0 Å². The van der Waals surface area contributed by atoms with Gasteiger partial charge in [0.05, 0.1) is 5.25 Å². The Hall–Kier alpha value is -2.55. The van der Waals surface area contributed by atoms with E-state index in [1.807, 2.05) is 61.5 Å². The van der Waals surface area contributed by atoms with Gasteiger partial charge in [-0.15, -0.1) is 0 Å². The first-order valence-corrected chi connectivity index (χ1v) is 10.7. The summed E-state index contributed by atoms with van der Waals surface area (Å²) in [5, 5.41) is 14.9. The highest BCUT2D eigenvalue weighted by Crippen LogP contribution is 2.23. The molecule has 1 aliphatic rings. The van der Waals surface area contributed by atoms with Crippen molar-refractivity contribution in [1.29, 1.82) is 0 Å². The number of benzene rings is 2. The van der Waals surface area contributed by atoms with Gasteiger partial charge in [-0.25, -0.2) is 0 Å². The summed E-state index contributed by atoms with van der Waals surface area (Å²) in [6.45, 7) is 3.04. The third kappa shape index (κ3) is 7.05. The van der Waals surface area contributed by atoms with E-state index < -0.39 is 6.10 Å². The van der Waals surface area contributed by atoms with Crippen LogP contribution in [0.1, 0.15) is 12.5 Å². The maximum absolute atomic E-state index is 11.6. The summed E-state index contributed by atoms with van der Waals surface area (Å²) in [5.41, 5.74) is 0.970. The molecule has 8 heteroatoms. The predicted molar refractivity (Wildman–Crippen MR) is 116 cm³/mol. The smallest absolute Gasteiger partial charge is 0.286 e. The van der Waals surface area contributed by atoms with Crippen LogP contribution >= 0.6 is 11.8 Å². The number of rotatable bonds is 11. The van der Waals surface area contributed by atoms with E-state index in [2.05, 4.69) is 10.6 Å². The van der Waals surface area contributed by atoms with Gasteiger partial charge in [0.15, 0.2) is 0 Å². The molecule has 1 fully saturated rings. The Morgan fingerprint density at radius 3 is 2.37 bits per heavy atom. The van der Waals surface area contributed by atoms with Crippen LogP contribution in [0.3, 0.4) is 0 Å². The number of aliphatic hydroxyl groups excluding tert-OH is 1. The number of carbonyl (C=O) groups excluding carboxylic acids is 2. The van der Waals surface area contributed by atoms with E-state index in [-0.39, 0.29) is 29.0 Å². The Morgan fingerprint density at radius 1 is 1.03 bits per heavy atom. The lowest BCUT2D eigenvalue weighted by atomic mass is 10.1. The quantitative estimate of drug-likeness (QED) is 0.504. The van der Waals surface area contributed by atoms with Gasteiger partial charge in [-0.1, -0.05) is 42.1 Å². The monoisotopic (exact) mass is 430 g/mol. The van der Waals surface area contributed by atoms with Crippen molar-refractivity contribution in [2.24, 2.45) is 0 Å². The van der Waals surface area contributed by atoms with Gasteiger partial charge in [0, 0.05) is 12.6 Å². The van der Waals surface area contributed by atoms with Gasteiger partial charge >= 0.3 is 0 Å². The molecule has 0 radical (unpaired) electrons. The normalized spacial score (nSPS) is 18.0. The zero-order valence-corrected chi connectivity index (χ0v) is 17.6. The van der Waals surface area contributed by atoms with Crippen molar-refractivity contribution in [1.82, 2.24) is 10.6 Å². The van der Waals surface area contributed by atoms with E-state index >= 15 is 0 Å². The number of amides is 2. The van der Waals surface area contributed by atoms with Crippen LogP contribution < -0.4 is 20.1 Å². The maximum atomic E-state index is 11.6. The summed E-state index contributed by atoms with van der Waals surface area (Å²) in [6, 6.07) is 16.9. The molecule has 3 rings (SSSR count). The predicted octanol–water partition coefficient (Wildman–Crippen LogP) is 2.38. The van der Waals surface area contributed by atoms with Crippen molar-refractivity contribution in [2.75, 3.05) is 19.8 Å². The van der Waals surface area contributed by atoms with E-state index in [4.69, 9.17) is 9.47 Å². The van der Waals surface area contributed by atoms with Crippen LogP contribution in [0.15, 0.2) is 54.6 Å². The number of hydrogen-bond acceptors (Lipinski definition) is 7. The van der Waals surface area contributed by atoms with Crippen molar-refractivity contribution >= 4 is 22.9 Å². The van der Waals surface area contributed by atoms with Gasteiger partial charge in [-0.05, 0) is 43.2 Å². The molecular formula is C22H26N2O5S. The molecule has 0 aliphatic carbocycles. The number of thioether (sulfide) groups is 1. The first kappa shape index (κ1) is 22.1. The molecule has 0 spiro atoms. The van der Waals surface area contributed by atoms with Crippen molar-refractivity contribution < 1.29 is 24.2 Å². The number of imide groups is 1. The molecule has 160 valence electrons. The second kappa shape index (κ2) is 11.0. The summed E-state index contributed by atoms with van der Waals surface area (Å²) in [6.07, 6.45) is -0.117. The second-order valence-corrected chi connectivity index (χ2v) is 8.30. The van der Waals surface area contributed by atoms with Crippen LogP contribution in [-0.2, 0) is 11.2 Å². The van der Waals surface area contributed by atoms with E-state index in [0.717, 1.165) is 28.8 Å². The maximum Gasteiger partial charge on any atom is 0.286 e. The van der Waals surface area contributed by atoms with Crippen molar-refractivity contribution in [3.05, 3.63) is 60.2 Å². The summed E-state index contributed by atoms with van der Waals surface area (Å²) < 4.78 is 11.3. The van der Waals surface area contributed by atoms with Gasteiger partial charge in [0.25, 0.3) is 5.24 Å². The molecule has 0 aromatic heterocycles. The lowest BCUT2D eigenvalue weighted by molar-refractivity contribution is -0.118. The minimum absolute atomic E-state index is 0.0423. The van der Waals surface area contributed by atoms with Gasteiger partial charge in [0.2, 0.25) is 5.91 Å². The first-order chi connectivity index (χ1) is 14.5. The fraction of sp³-hybridized carbons (Fsp3) is 0.364. The van der Waals surface area contributed by atoms with Crippen LogP contribution in [0.5, 0.6) is 11.5 Å². The lowest BCUT2D eigenvalue weighted by Gasteiger charge is -2.18. The molecular weight excluding hydrogens is 404 g/mol. The number of ether oxygens (including phenoxy) is 2. The number of nitrogens with one attached hydrogen (secondary N) is 2. The number of aliphatic hydroxyl groups is 1. The van der Waals surface area contributed by atoms with Crippen LogP contribution in [0.25, 0.3) is 0 Å². The van der Waals surface area contributed by atoms with E-state index in [1.54, 1.807) is 0 Å². The SMILES string of the molecule is CC(COc1ccc(CC2SC(=O)NC2=O)cc1)NCC(O)COc1ccccc1. The third-order valence-electron chi connectivity index (χ3n) is 4.50. The third-order valence-corrected chi connectivity index (χ3v) is 5.48.